The zero-order valence-corrected chi connectivity index (χ0v) is 8.96. The summed E-state index contributed by atoms with van der Waals surface area (Å²) >= 11 is 3.52. The number of hydrogen-bond donors (Lipinski definition) is 1. The van der Waals surface area contributed by atoms with Crippen molar-refractivity contribution < 1.29 is 19.2 Å². The molecule has 5 nitrogen and oxygen atoms in total. The van der Waals surface area contributed by atoms with Crippen LogP contribution in [0.4, 0.5) is 0 Å². The van der Waals surface area contributed by atoms with Gasteiger partial charge in [-0.1, -0.05) is 0 Å². The number of imide groups is 1. The minimum Gasteiger partial charge on any atom is -0.298 e. The average molecular weight is 229 g/mol. The lowest BCUT2D eigenvalue weighted by molar-refractivity contribution is -0.141. The van der Waals surface area contributed by atoms with E-state index in [-0.39, 0.29) is 54.9 Å². The second kappa shape index (κ2) is 5.06. The molecular formula is C9H11NO4S. The highest BCUT2D eigenvalue weighted by Crippen LogP contribution is 2.11. The number of ketones is 1. The van der Waals surface area contributed by atoms with Crippen LogP contribution in [-0.4, -0.2) is 34.2 Å². The number of hydrogen-bond acceptors (Lipinski definition) is 4. The van der Waals surface area contributed by atoms with E-state index in [2.05, 4.69) is 12.6 Å². The number of carbonyl (C=O) groups is 4. The second-order valence-corrected chi connectivity index (χ2v) is 3.80. The van der Waals surface area contributed by atoms with Gasteiger partial charge in [-0.25, -0.2) is 0 Å². The summed E-state index contributed by atoms with van der Waals surface area (Å²) in [7, 11) is 0. The first-order chi connectivity index (χ1) is 7.00. The van der Waals surface area contributed by atoms with Gasteiger partial charge in [0.05, 0.1) is 6.54 Å². The molecule has 1 fully saturated rings. The monoisotopic (exact) mass is 229 g/mol. The van der Waals surface area contributed by atoms with Crippen molar-refractivity contribution >= 4 is 35.3 Å². The highest BCUT2D eigenvalue weighted by molar-refractivity contribution is 7.96. The van der Waals surface area contributed by atoms with Gasteiger partial charge in [-0.2, -0.15) is 0 Å². The third kappa shape index (κ3) is 3.47. The molecule has 0 unspecified atom stereocenters. The molecule has 0 aliphatic carbocycles. The standard InChI is InChI=1S/C9H11NO4S/c11-6(1-4-9(14)15)5-10-7(12)2-3-8(10)13/h1-5H2,(H,14,15). The summed E-state index contributed by atoms with van der Waals surface area (Å²) in [6, 6.07) is 0. The topological polar surface area (TPSA) is 71.5 Å². The van der Waals surface area contributed by atoms with E-state index in [0.717, 1.165) is 4.90 Å². The highest BCUT2D eigenvalue weighted by atomic mass is 32.1. The fourth-order valence-corrected chi connectivity index (χ4v) is 1.41. The predicted molar refractivity (Wildman–Crippen MR) is 54.2 cm³/mol. The van der Waals surface area contributed by atoms with Gasteiger partial charge < -0.3 is 0 Å². The summed E-state index contributed by atoms with van der Waals surface area (Å²) in [4.78, 5) is 44.9. The molecule has 82 valence electrons. The summed E-state index contributed by atoms with van der Waals surface area (Å²) in [5.74, 6) is -0.919. The Labute approximate surface area is 92.2 Å². The van der Waals surface area contributed by atoms with Gasteiger partial charge in [0.15, 0.2) is 10.9 Å². The van der Waals surface area contributed by atoms with Gasteiger partial charge in [0.25, 0.3) is 0 Å². The average Bonchev–Trinajstić information content (AvgIpc) is 2.46. The molecule has 1 heterocycles. The minimum atomic E-state index is -0.373. The Morgan fingerprint density at radius 1 is 1.13 bits per heavy atom. The van der Waals surface area contributed by atoms with Crippen LogP contribution in [0.3, 0.4) is 0 Å². The molecule has 1 aliphatic heterocycles. The fraction of sp³-hybridized carbons (Fsp3) is 0.556. The number of Topliss-reactive ketones (excluding diaryl/α,β-unsaturated/α-hetero) is 1. The van der Waals surface area contributed by atoms with E-state index in [9.17, 15) is 19.2 Å². The quantitative estimate of drug-likeness (QED) is 0.529. The van der Waals surface area contributed by atoms with Crippen LogP contribution < -0.4 is 0 Å². The molecule has 6 heteroatoms. The summed E-state index contributed by atoms with van der Waals surface area (Å²) in [5, 5.41) is -0.373. The number of carbonyl (C=O) groups excluding carboxylic acids is 4. The van der Waals surface area contributed by atoms with Gasteiger partial charge in [0.2, 0.25) is 11.8 Å². The van der Waals surface area contributed by atoms with Crippen LogP contribution in [0.1, 0.15) is 25.7 Å². The van der Waals surface area contributed by atoms with E-state index in [4.69, 9.17) is 0 Å². The van der Waals surface area contributed by atoms with Gasteiger partial charge in [0, 0.05) is 25.7 Å². The normalized spacial score (nSPS) is 15.9. The summed E-state index contributed by atoms with van der Waals surface area (Å²) in [5.41, 5.74) is 0. The molecule has 0 aromatic carbocycles. The molecule has 0 atom stereocenters. The van der Waals surface area contributed by atoms with Crippen LogP contribution in [0.25, 0.3) is 0 Å². The Balaban J connectivity index is 2.40. The van der Waals surface area contributed by atoms with Crippen molar-refractivity contribution in [3.63, 3.8) is 0 Å². The van der Waals surface area contributed by atoms with E-state index in [0.29, 0.717) is 0 Å². The second-order valence-electron chi connectivity index (χ2n) is 3.31. The molecular weight excluding hydrogens is 218 g/mol. The van der Waals surface area contributed by atoms with Gasteiger partial charge in [-0.05, 0) is 0 Å². The zero-order chi connectivity index (χ0) is 11.4. The first kappa shape index (κ1) is 11.9. The predicted octanol–water partition coefficient (Wildman–Crippen LogP) is -0.0589. The first-order valence-electron chi connectivity index (χ1n) is 4.57. The van der Waals surface area contributed by atoms with Crippen LogP contribution in [0, 0.1) is 0 Å². The molecule has 0 bridgehead atoms. The largest absolute Gasteiger partial charge is 0.298 e. The number of likely N-dealkylation sites (tertiary alicyclic amines) is 1. The summed E-state index contributed by atoms with van der Waals surface area (Å²) in [6.07, 6.45) is 0.423. The molecule has 15 heavy (non-hydrogen) atoms. The molecule has 0 aromatic rings. The Hall–Kier alpha value is -1.17. The van der Waals surface area contributed by atoms with Crippen LogP contribution in [0.5, 0.6) is 0 Å². The van der Waals surface area contributed by atoms with Gasteiger partial charge >= 0.3 is 0 Å². The highest BCUT2D eigenvalue weighted by Gasteiger charge is 2.30. The summed E-state index contributed by atoms with van der Waals surface area (Å²) < 4.78 is 0. The van der Waals surface area contributed by atoms with Crippen molar-refractivity contribution in [2.45, 2.75) is 25.7 Å². The van der Waals surface area contributed by atoms with E-state index in [1.807, 2.05) is 0 Å². The third-order valence-corrected chi connectivity index (χ3v) is 2.33. The smallest absolute Gasteiger partial charge is 0.230 e. The van der Waals surface area contributed by atoms with Gasteiger partial charge in [-0.3, -0.25) is 24.1 Å². The number of rotatable bonds is 5. The maximum atomic E-state index is 11.3. The lowest BCUT2D eigenvalue weighted by Crippen LogP contribution is -2.34. The van der Waals surface area contributed by atoms with Gasteiger partial charge in [0.1, 0.15) is 0 Å². The molecule has 0 spiro atoms. The Morgan fingerprint density at radius 2 is 1.67 bits per heavy atom. The molecule has 0 radical (unpaired) electrons. The van der Waals surface area contributed by atoms with Crippen molar-refractivity contribution in [1.29, 1.82) is 0 Å². The molecule has 1 rings (SSSR count). The fourth-order valence-electron chi connectivity index (χ4n) is 1.30. The van der Waals surface area contributed by atoms with Crippen molar-refractivity contribution in [2.75, 3.05) is 6.54 Å². The molecule has 0 aromatic heterocycles. The van der Waals surface area contributed by atoms with Crippen LogP contribution in [-0.2, 0) is 19.2 Å². The lowest BCUT2D eigenvalue weighted by Gasteiger charge is -2.11. The Kier molecular flexibility index (Phi) is 4.02. The maximum absolute atomic E-state index is 11.3. The van der Waals surface area contributed by atoms with E-state index in [1.54, 1.807) is 0 Å². The van der Waals surface area contributed by atoms with Crippen molar-refractivity contribution in [2.24, 2.45) is 0 Å². The Bertz CT molecular complexity index is 310. The van der Waals surface area contributed by atoms with E-state index >= 15 is 0 Å². The Morgan fingerprint density at radius 3 is 2.13 bits per heavy atom. The number of thiol groups is 1. The number of nitrogens with zero attached hydrogens (tertiary/aromatic N) is 1. The minimum absolute atomic E-state index is 0.0272. The van der Waals surface area contributed by atoms with Crippen molar-refractivity contribution in [3.8, 4) is 0 Å². The third-order valence-electron chi connectivity index (χ3n) is 2.11. The molecule has 1 saturated heterocycles. The number of amides is 2. The van der Waals surface area contributed by atoms with Crippen LogP contribution in [0.2, 0.25) is 0 Å². The summed E-state index contributed by atoms with van der Waals surface area (Å²) in [6.45, 7) is -0.210. The maximum Gasteiger partial charge on any atom is 0.230 e. The molecule has 0 saturated carbocycles. The van der Waals surface area contributed by atoms with Crippen LogP contribution >= 0.6 is 12.6 Å². The lowest BCUT2D eigenvalue weighted by atomic mass is 10.2. The van der Waals surface area contributed by atoms with Gasteiger partial charge in [-0.15, -0.1) is 12.6 Å². The van der Waals surface area contributed by atoms with Crippen molar-refractivity contribution in [1.82, 2.24) is 4.90 Å². The van der Waals surface area contributed by atoms with E-state index < -0.39 is 0 Å². The van der Waals surface area contributed by atoms with E-state index in [1.165, 1.54) is 0 Å². The van der Waals surface area contributed by atoms with Crippen LogP contribution in [0.15, 0.2) is 0 Å². The first-order valence-corrected chi connectivity index (χ1v) is 5.02. The SMILES string of the molecule is O=C(S)CCC(=O)CN1C(=O)CCC1=O. The molecule has 0 N–H and O–H groups in total. The zero-order valence-electron chi connectivity index (χ0n) is 8.06. The molecule has 1 aliphatic rings. The molecule has 2 amide bonds. The van der Waals surface area contributed by atoms with Crippen molar-refractivity contribution in [3.05, 3.63) is 0 Å².